The van der Waals surface area contributed by atoms with Crippen molar-refractivity contribution in [3.63, 3.8) is 0 Å². The summed E-state index contributed by atoms with van der Waals surface area (Å²) in [6.07, 6.45) is -5.36. The van der Waals surface area contributed by atoms with E-state index in [1.165, 1.54) is 0 Å². The smallest absolute Gasteiger partial charge is 0.184 e. The van der Waals surface area contributed by atoms with Crippen LogP contribution in [0.2, 0.25) is 10.0 Å². The molecule has 0 aromatic heterocycles. The maximum Gasteiger partial charge on any atom is 0.184 e. The summed E-state index contributed by atoms with van der Waals surface area (Å²) in [5.41, 5.74) is 1.37. The molecule has 2 heterocycles. The summed E-state index contributed by atoms with van der Waals surface area (Å²) in [5.74, 6) is 0. The molecule has 0 aliphatic carbocycles. The van der Waals surface area contributed by atoms with Gasteiger partial charge in [-0.05, 0) is 24.3 Å². The second kappa shape index (κ2) is 8.65. The first kappa shape index (κ1) is 20.1. The largest absolute Gasteiger partial charge is 0.388 e. The Morgan fingerprint density at radius 1 is 0.714 bits per heavy atom. The van der Waals surface area contributed by atoms with E-state index in [0.29, 0.717) is 21.2 Å². The minimum Gasteiger partial charge on any atom is -0.388 e. The number of hydrogen-bond acceptors (Lipinski definition) is 6. The zero-order valence-electron chi connectivity index (χ0n) is 14.8. The van der Waals surface area contributed by atoms with Crippen LogP contribution >= 0.6 is 23.2 Å². The van der Waals surface area contributed by atoms with Gasteiger partial charge in [-0.3, -0.25) is 0 Å². The van der Waals surface area contributed by atoms with Gasteiger partial charge in [-0.25, -0.2) is 0 Å². The van der Waals surface area contributed by atoms with Crippen molar-refractivity contribution in [2.24, 2.45) is 0 Å². The van der Waals surface area contributed by atoms with Gasteiger partial charge in [0, 0.05) is 21.2 Å². The van der Waals surface area contributed by atoms with E-state index in [1.807, 2.05) is 0 Å². The lowest BCUT2D eigenvalue weighted by Gasteiger charge is -2.29. The highest BCUT2D eigenvalue weighted by Gasteiger charge is 2.44. The van der Waals surface area contributed by atoms with Crippen LogP contribution in [0.1, 0.15) is 23.7 Å². The summed E-state index contributed by atoms with van der Waals surface area (Å²) in [4.78, 5) is 0. The zero-order valence-corrected chi connectivity index (χ0v) is 16.3. The van der Waals surface area contributed by atoms with Gasteiger partial charge in [-0.15, -0.1) is 0 Å². The molecular formula is C20H20Cl2O6. The Balaban J connectivity index is 1.59. The van der Waals surface area contributed by atoms with Gasteiger partial charge in [0.2, 0.25) is 0 Å². The quantitative estimate of drug-likeness (QED) is 0.767. The van der Waals surface area contributed by atoms with Gasteiger partial charge in [-0.2, -0.15) is 0 Å². The van der Waals surface area contributed by atoms with Crippen LogP contribution in [-0.4, -0.2) is 47.8 Å². The Kier molecular flexibility index (Phi) is 6.20. The van der Waals surface area contributed by atoms with Crippen molar-refractivity contribution in [2.45, 2.75) is 37.0 Å². The van der Waals surface area contributed by atoms with E-state index in [1.54, 1.807) is 48.5 Å². The Labute approximate surface area is 172 Å². The van der Waals surface area contributed by atoms with E-state index in [0.717, 1.165) is 0 Å². The van der Waals surface area contributed by atoms with Gasteiger partial charge in [-0.1, -0.05) is 47.5 Å². The zero-order chi connectivity index (χ0) is 19.7. The van der Waals surface area contributed by atoms with E-state index in [-0.39, 0.29) is 13.2 Å². The fourth-order valence-electron chi connectivity index (χ4n) is 3.36. The second-order valence-electron chi connectivity index (χ2n) is 6.78. The highest BCUT2D eigenvalue weighted by Crippen LogP contribution is 2.35. The summed E-state index contributed by atoms with van der Waals surface area (Å²) < 4.78 is 23.4. The molecule has 2 aromatic carbocycles. The predicted octanol–water partition coefficient (Wildman–Crippen LogP) is 3.24. The van der Waals surface area contributed by atoms with Crippen molar-refractivity contribution < 1.29 is 29.2 Å². The van der Waals surface area contributed by atoms with Crippen LogP contribution in [0.25, 0.3) is 0 Å². The first-order valence-corrected chi connectivity index (χ1v) is 9.68. The molecule has 2 N–H and O–H groups in total. The number of halogens is 2. The first-order chi connectivity index (χ1) is 13.5. The van der Waals surface area contributed by atoms with Crippen molar-refractivity contribution in [1.29, 1.82) is 0 Å². The Morgan fingerprint density at radius 3 is 1.54 bits per heavy atom. The number of hydrogen-bond donors (Lipinski definition) is 2. The molecule has 6 nitrogen and oxygen atoms in total. The van der Waals surface area contributed by atoms with Gasteiger partial charge in [0.05, 0.1) is 13.2 Å². The van der Waals surface area contributed by atoms with Crippen molar-refractivity contribution in [1.82, 2.24) is 0 Å². The van der Waals surface area contributed by atoms with E-state index in [9.17, 15) is 10.2 Å². The number of aliphatic hydroxyl groups is 2. The van der Waals surface area contributed by atoms with Crippen LogP contribution in [-0.2, 0) is 18.9 Å². The van der Waals surface area contributed by atoms with E-state index >= 15 is 0 Å². The lowest BCUT2D eigenvalue weighted by molar-refractivity contribution is -0.206. The minimum atomic E-state index is -1.02. The maximum absolute atomic E-state index is 10.6. The molecule has 0 spiro atoms. The third kappa shape index (κ3) is 4.35. The highest BCUT2D eigenvalue weighted by atomic mass is 35.5. The summed E-state index contributed by atoms with van der Waals surface area (Å²) in [6.45, 7) is -0.0688. The van der Waals surface area contributed by atoms with Crippen molar-refractivity contribution in [3.05, 3.63) is 69.7 Å². The molecule has 150 valence electrons. The van der Waals surface area contributed by atoms with Crippen LogP contribution in [0.4, 0.5) is 0 Å². The van der Waals surface area contributed by atoms with Crippen LogP contribution in [0.15, 0.2) is 48.5 Å². The maximum atomic E-state index is 10.6. The molecule has 2 unspecified atom stereocenters. The van der Waals surface area contributed by atoms with E-state index < -0.39 is 37.0 Å². The number of fused-ring (bicyclic) bond motifs is 1. The van der Waals surface area contributed by atoms with Crippen LogP contribution in [0.5, 0.6) is 0 Å². The number of rotatable bonds is 2. The molecule has 2 aliphatic rings. The first-order valence-electron chi connectivity index (χ1n) is 8.92. The average molecular weight is 427 g/mol. The Morgan fingerprint density at radius 2 is 1.14 bits per heavy atom. The van der Waals surface area contributed by atoms with Crippen LogP contribution < -0.4 is 0 Å². The number of aliphatic hydroxyl groups excluding tert-OH is 2. The van der Waals surface area contributed by atoms with Gasteiger partial charge in [0.25, 0.3) is 0 Å². The third-order valence-electron chi connectivity index (χ3n) is 4.72. The molecule has 0 amide bonds. The average Bonchev–Trinajstić information content (AvgIpc) is 2.94. The molecular weight excluding hydrogens is 407 g/mol. The lowest BCUT2D eigenvalue weighted by atomic mass is 10.0. The molecule has 2 aliphatic heterocycles. The molecule has 4 rings (SSSR count). The molecule has 0 radical (unpaired) electrons. The van der Waals surface area contributed by atoms with Gasteiger partial charge < -0.3 is 29.2 Å². The normalized spacial score (nSPS) is 33.6. The highest BCUT2D eigenvalue weighted by molar-refractivity contribution is 6.30. The minimum absolute atomic E-state index is 0.0344. The third-order valence-corrected chi connectivity index (χ3v) is 5.19. The van der Waals surface area contributed by atoms with Gasteiger partial charge in [0.15, 0.2) is 12.6 Å². The molecule has 2 saturated heterocycles. The molecule has 2 aromatic rings. The monoisotopic (exact) mass is 426 g/mol. The lowest BCUT2D eigenvalue weighted by Crippen LogP contribution is -2.46. The Bertz CT molecular complexity index is 751. The molecule has 0 saturated carbocycles. The number of ether oxygens (including phenoxy) is 4. The fraction of sp³-hybridized carbons (Fsp3) is 0.400. The number of benzene rings is 2. The Hall–Kier alpha value is -1.22. The van der Waals surface area contributed by atoms with Gasteiger partial charge in [0.1, 0.15) is 24.4 Å². The van der Waals surface area contributed by atoms with Crippen molar-refractivity contribution in [3.8, 4) is 0 Å². The van der Waals surface area contributed by atoms with E-state index in [4.69, 9.17) is 42.1 Å². The SMILES string of the molecule is O[C@@H]1COC(c2cccc(Cl)c2)O[C@@H]2[C@H]1OC(c1cccc(Cl)c1)OC[C@@H]2O. The standard InChI is InChI=1S/C20H20Cl2O6/c21-13-5-1-3-11(7-13)19-25-9-15(23)18-17(27-19)16(24)10-26-20(28-18)12-4-2-6-14(22)8-12/h1-8,15-20,23-24H,9-10H2/t15-,16+,17-,18-,19?,20?/m0/s1. The molecule has 0 bridgehead atoms. The van der Waals surface area contributed by atoms with Crippen LogP contribution in [0, 0.1) is 0 Å². The summed E-state index contributed by atoms with van der Waals surface area (Å²) in [5, 5.41) is 22.3. The van der Waals surface area contributed by atoms with Crippen LogP contribution in [0.3, 0.4) is 0 Å². The topological polar surface area (TPSA) is 77.4 Å². The van der Waals surface area contributed by atoms with Crippen molar-refractivity contribution >= 4 is 23.2 Å². The summed E-state index contributed by atoms with van der Waals surface area (Å²) >= 11 is 12.1. The molecule has 2 fully saturated rings. The fourth-order valence-corrected chi connectivity index (χ4v) is 3.75. The van der Waals surface area contributed by atoms with Crippen molar-refractivity contribution in [2.75, 3.05) is 13.2 Å². The summed E-state index contributed by atoms with van der Waals surface area (Å²) in [6, 6.07) is 14.1. The predicted molar refractivity (Wildman–Crippen MR) is 102 cm³/mol. The molecule has 6 atom stereocenters. The molecule has 28 heavy (non-hydrogen) atoms. The second-order valence-corrected chi connectivity index (χ2v) is 7.65. The molecule has 8 heteroatoms. The summed E-state index contributed by atoms with van der Waals surface area (Å²) in [7, 11) is 0. The van der Waals surface area contributed by atoms with E-state index in [2.05, 4.69) is 0 Å². The van der Waals surface area contributed by atoms with Gasteiger partial charge >= 0.3 is 0 Å².